The molecule has 0 radical (unpaired) electrons. The molecule has 1 N–H and O–H groups in total. The van der Waals surface area contributed by atoms with Crippen LogP contribution < -0.4 is 10.2 Å². The largest absolute Gasteiger partial charge is 0.330 e. The molecule has 4 heterocycles. The summed E-state index contributed by atoms with van der Waals surface area (Å²) in [7, 11) is 2.20. The summed E-state index contributed by atoms with van der Waals surface area (Å²) >= 11 is 0. The Morgan fingerprint density at radius 2 is 1.62 bits per heavy atom. The van der Waals surface area contributed by atoms with Crippen molar-refractivity contribution in [2.45, 2.75) is 25.7 Å². The topological polar surface area (TPSA) is 68.8 Å². The molecule has 3 aliphatic heterocycles. The van der Waals surface area contributed by atoms with Crippen LogP contribution in [0, 0.1) is 11.8 Å². The van der Waals surface area contributed by atoms with Gasteiger partial charge in [-0.25, -0.2) is 14.7 Å². The van der Waals surface area contributed by atoms with E-state index < -0.39 is 0 Å². The van der Waals surface area contributed by atoms with Crippen molar-refractivity contribution in [1.29, 1.82) is 0 Å². The van der Waals surface area contributed by atoms with Gasteiger partial charge in [-0.3, -0.25) is 4.79 Å². The van der Waals surface area contributed by atoms with Gasteiger partial charge in [0.1, 0.15) is 0 Å². The lowest BCUT2D eigenvalue weighted by molar-refractivity contribution is 0.102. The van der Waals surface area contributed by atoms with Crippen LogP contribution in [0.25, 0.3) is 0 Å². The first-order valence-corrected chi connectivity index (χ1v) is 11.2. The van der Waals surface area contributed by atoms with Crippen LogP contribution >= 0.6 is 12.4 Å². The molecule has 2 saturated heterocycles. The highest BCUT2D eigenvalue weighted by molar-refractivity contribution is 6.16. The molecule has 3 amide bonds. The van der Waals surface area contributed by atoms with Crippen molar-refractivity contribution in [3.63, 3.8) is 0 Å². The number of nitrogens with zero attached hydrogens (tertiary/aromatic N) is 4. The van der Waals surface area contributed by atoms with Gasteiger partial charge in [-0.15, -0.1) is 12.4 Å². The lowest BCUT2D eigenvalue weighted by Crippen LogP contribution is -2.47. The predicted molar refractivity (Wildman–Crippen MR) is 128 cm³/mol. The van der Waals surface area contributed by atoms with Crippen LogP contribution in [0.3, 0.4) is 0 Å². The fourth-order valence-corrected chi connectivity index (χ4v) is 5.23. The Kier molecular flexibility index (Phi) is 6.67. The normalized spacial score (nSPS) is 20.0. The van der Waals surface area contributed by atoms with Gasteiger partial charge in [-0.05, 0) is 81.9 Å². The van der Waals surface area contributed by atoms with Gasteiger partial charge >= 0.3 is 6.03 Å². The number of hydrogen-bond acceptors (Lipinski definition) is 4. The van der Waals surface area contributed by atoms with E-state index in [4.69, 9.17) is 0 Å². The van der Waals surface area contributed by atoms with Gasteiger partial charge in [0.25, 0.3) is 5.91 Å². The van der Waals surface area contributed by atoms with Gasteiger partial charge in [0.2, 0.25) is 0 Å². The molecular formula is C24H30ClN5O2. The van der Waals surface area contributed by atoms with Crippen LogP contribution in [-0.2, 0) is 0 Å². The summed E-state index contributed by atoms with van der Waals surface area (Å²) in [6, 6.07) is 10.7. The molecule has 0 aliphatic carbocycles. The molecule has 2 aromatic rings. The number of piperidine rings is 2. The summed E-state index contributed by atoms with van der Waals surface area (Å²) in [5.74, 6) is 1.73. The third kappa shape index (κ3) is 4.19. The summed E-state index contributed by atoms with van der Waals surface area (Å²) in [4.78, 5) is 36.9. The second-order valence-corrected chi connectivity index (χ2v) is 8.93. The van der Waals surface area contributed by atoms with E-state index in [0.717, 1.165) is 31.8 Å². The molecule has 170 valence electrons. The second kappa shape index (κ2) is 9.46. The molecule has 3 aliphatic rings. The van der Waals surface area contributed by atoms with Crippen LogP contribution in [0.15, 0.2) is 42.6 Å². The number of carbonyl (C=O) groups excluding carboxylic acids is 2. The summed E-state index contributed by atoms with van der Waals surface area (Å²) in [6.45, 7) is 3.85. The maximum absolute atomic E-state index is 13.7. The molecule has 5 rings (SSSR count). The number of carbonyl (C=O) groups is 2. The number of fused-ring (bicyclic) bond motifs is 2. The Morgan fingerprint density at radius 1 is 0.969 bits per heavy atom. The van der Waals surface area contributed by atoms with Crippen LogP contribution in [0.5, 0.6) is 0 Å². The summed E-state index contributed by atoms with van der Waals surface area (Å²) < 4.78 is 0. The number of halogens is 1. The smallest absolute Gasteiger partial charge is 0.324 e. The van der Waals surface area contributed by atoms with Gasteiger partial charge in [0, 0.05) is 19.3 Å². The average molecular weight is 456 g/mol. The standard InChI is InChI=1S/C24H29N5O2.ClH/c1-27-13-8-17(9-14-27)18-10-15-28(16-11-18)24(31)29-21-7-3-2-5-19(21)23(30)26-20-6-4-12-25-22(20)29;/h2-7,12,17-18H,8-11,13-16H2,1H3,(H,26,30);1H. The van der Waals surface area contributed by atoms with Gasteiger partial charge in [0.05, 0.1) is 16.9 Å². The molecule has 1 aromatic heterocycles. The number of nitrogens with one attached hydrogen (secondary N) is 1. The van der Waals surface area contributed by atoms with E-state index in [9.17, 15) is 9.59 Å². The van der Waals surface area contributed by atoms with Crippen LogP contribution in [-0.4, -0.2) is 59.9 Å². The second-order valence-electron chi connectivity index (χ2n) is 8.93. The van der Waals surface area contributed by atoms with E-state index in [-0.39, 0.29) is 24.3 Å². The predicted octanol–water partition coefficient (Wildman–Crippen LogP) is 4.38. The SMILES string of the molecule is CN1CCC(C2CCN(C(=O)N3c4ccccc4C(=O)Nc4cccnc43)CC2)CC1.Cl. The zero-order valence-electron chi connectivity index (χ0n) is 18.4. The number of aromatic nitrogens is 1. The van der Waals surface area contributed by atoms with Crippen molar-refractivity contribution in [3.8, 4) is 0 Å². The number of anilines is 3. The monoisotopic (exact) mass is 455 g/mol. The Morgan fingerprint density at radius 3 is 2.34 bits per heavy atom. The molecule has 0 bridgehead atoms. The number of urea groups is 1. The van der Waals surface area contributed by atoms with E-state index in [2.05, 4.69) is 22.2 Å². The zero-order chi connectivity index (χ0) is 21.4. The maximum atomic E-state index is 13.7. The molecule has 0 unspecified atom stereocenters. The minimum Gasteiger partial charge on any atom is -0.324 e. The van der Waals surface area contributed by atoms with Crippen molar-refractivity contribution in [2.75, 3.05) is 43.4 Å². The van der Waals surface area contributed by atoms with E-state index in [1.807, 2.05) is 23.1 Å². The summed E-state index contributed by atoms with van der Waals surface area (Å²) in [5, 5.41) is 2.90. The molecule has 2 fully saturated rings. The van der Waals surface area contributed by atoms with Crippen LogP contribution in [0.2, 0.25) is 0 Å². The zero-order valence-corrected chi connectivity index (χ0v) is 19.2. The number of amides is 3. The number of likely N-dealkylation sites (tertiary alicyclic amines) is 2. The van der Waals surface area contributed by atoms with Crippen molar-refractivity contribution in [1.82, 2.24) is 14.8 Å². The minimum absolute atomic E-state index is 0. The molecular weight excluding hydrogens is 426 g/mol. The van der Waals surface area contributed by atoms with E-state index in [1.54, 1.807) is 29.3 Å². The summed E-state index contributed by atoms with van der Waals surface area (Å²) in [6.07, 6.45) is 6.27. The third-order valence-electron chi connectivity index (χ3n) is 7.07. The summed E-state index contributed by atoms with van der Waals surface area (Å²) in [5.41, 5.74) is 1.62. The lowest BCUT2D eigenvalue weighted by Gasteiger charge is -2.40. The highest BCUT2D eigenvalue weighted by atomic mass is 35.5. The van der Waals surface area contributed by atoms with Gasteiger partial charge in [0.15, 0.2) is 5.82 Å². The molecule has 0 saturated carbocycles. The minimum atomic E-state index is -0.221. The quantitative estimate of drug-likeness (QED) is 0.692. The number of rotatable bonds is 1. The van der Waals surface area contributed by atoms with Gasteiger partial charge in [-0.1, -0.05) is 12.1 Å². The number of pyridine rings is 1. The van der Waals surface area contributed by atoms with Crippen LogP contribution in [0.1, 0.15) is 36.0 Å². The Balaban J connectivity index is 0.00000245. The highest BCUT2D eigenvalue weighted by Crippen LogP contribution is 2.38. The van der Waals surface area contributed by atoms with E-state index in [1.165, 1.54) is 25.9 Å². The van der Waals surface area contributed by atoms with Crippen LogP contribution in [0.4, 0.5) is 22.0 Å². The van der Waals surface area contributed by atoms with Crippen molar-refractivity contribution in [2.24, 2.45) is 11.8 Å². The molecule has 32 heavy (non-hydrogen) atoms. The molecule has 0 atom stereocenters. The Labute approximate surface area is 195 Å². The number of benzene rings is 1. The fraction of sp³-hybridized carbons (Fsp3) is 0.458. The van der Waals surface area contributed by atoms with Gasteiger partial charge < -0.3 is 15.1 Å². The molecule has 8 heteroatoms. The van der Waals surface area contributed by atoms with Gasteiger partial charge in [-0.2, -0.15) is 0 Å². The van der Waals surface area contributed by atoms with Crippen molar-refractivity contribution < 1.29 is 9.59 Å². The highest BCUT2D eigenvalue weighted by Gasteiger charge is 2.36. The lowest BCUT2D eigenvalue weighted by atomic mass is 9.79. The first-order valence-electron chi connectivity index (χ1n) is 11.2. The molecule has 0 spiro atoms. The van der Waals surface area contributed by atoms with E-state index in [0.29, 0.717) is 28.7 Å². The molecule has 1 aromatic carbocycles. The Hall–Kier alpha value is -2.64. The maximum Gasteiger partial charge on any atom is 0.330 e. The fourth-order valence-electron chi connectivity index (χ4n) is 5.23. The Bertz CT molecular complexity index is 984. The average Bonchev–Trinajstić information content (AvgIpc) is 2.93. The molecule has 7 nitrogen and oxygen atoms in total. The number of hydrogen-bond donors (Lipinski definition) is 1. The van der Waals surface area contributed by atoms with Crippen molar-refractivity contribution >= 4 is 41.5 Å². The third-order valence-corrected chi connectivity index (χ3v) is 7.07. The first-order chi connectivity index (χ1) is 15.1. The first kappa shape index (κ1) is 22.6. The number of para-hydroxylation sites is 1. The van der Waals surface area contributed by atoms with Crippen molar-refractivity contribution in [3.05, 3.63) is 48.2 Å². The van der Waals surface area contributed by atoms with E-state index >= 15 is 0 Å².